The third-order valence-corrected chi connectivity index (χ3v) is 3.56. The summed E-state index contributed by atoms with van der Waals surface area (Å²) in [6.07, 6.45) is 0.661. The number of benzene rings is 1. The molecule has 3 amide bonds. The third-order valence-electron chi connectivity index (χ3n) is 3.56. The Morgan fingerprint density at radius 1 is 1.25 bits per heavy atom. The van der Waals surface area contributed by atoms with Gasteiger partial charge in [0.1, 0.15) is 17.4 Å². The lowest BCUT2D eigenvalue weighted by molar-refractivity contribution is -0.135. The Morgan fingerprint density at radius 3 is 2.32 bits per heavy atom. The second kappa shape index (κ2) is 9.84. The highest BCUT2D eigenvalue weighted by Gasteiger charge is 2.31. The van der Waals surface area contributed by atoms with E-state index in [1.54, 1.807) is 32.9 Å². The number of nitrogens with zero attached hydrogens (tertiary/aromatic N) is 1. The van der Waals surface area contributed by atoms with Crippen LogP contribution in [0.4, 0.5) is 4.79 Å². The number of carbonyl (C=O) groups is 3. The molecule has 0 spiro atoms. The first kappa shape index (κ1) is 23.1. The molecule has 0 aliphatic rings. The molecule has 0 heterocycles. The Hall–Kier alpha value is -2.94. The maximum Gasteiger partial charge on any atom is 0.417 e. The Labute approximate surface area is 163 Å². The number of imide groups is 1. The number of hydrogen-bond acceptors (Lipinski definition) is 7. The van der Waals surface area contributed by atoms with Gasteiger partial charge in [-0.15, -0.1) is 0 Å². The number of nitrogens with two attached hydrogens (primary N) is 1. The molecule has 4 N–H and O–H groups in total. The van der Waals surface area contributed by atoms with E-state index in [9.17, 15) is 24.3 Å². The first-order chi connectivity index (χ1) is 12.9. The van der Waals surface area contributed by atoms with Crippen LogP contribution in [0.1, 0.15) is 33.3 Å². The largest absolute Gasteiger partial charge is 0.508 e. The number of aromatic hydroxyl groups is 1. The van der Waals surface area contributed by atoms with E-state index in [-0.39, 0.29) is 12.2 Å². The van der Waals surface area contributed by atoms with Gasteiger partial charge in [0, 0.05) is 0 Å². The molecule has 0 unspecified atom stereocenters. The fourth-order valence-corrected chi connectivity index (χ4v) is 2.21. The van der Waals surface area contributed by atoms with Gasteiger partial charge in [0.25, 0.3) is 5.91 Å². The molecule has 0 saturated carbocycles. The highest BCUT2D eigenvalue weighted by atomic mass is 16.6. The van der Waals surface area contributed by atoms with E-state index in [2.05, 4.69) is 5.32 Å². The lowest BCUT2D eigenvalue weighted by Gasteiger charge is -2.27. The van der Waals surface area contributed by atoms with Crippen molar-refractivity contribution in [3.63, 3.8) is 0 Å². The van der Waals surface area contributed by atoms with Crippen LogP contribution >= 0.6 is 0 Å². The second-order valence-corrected chi connectivity index (χ2v) is 7.26. The molecule has 153 valence electrons. The van der Waals surface area contributed by atoms with Crippen LogP contribution in [0.25, 0.3) is 0 Å². The minimum absolute atomic E-state index is 0.0928. The highest BCUT2D eigenvalue weighted by molar-refractivity contribution is 5.98. The molecule has 0 saturated heterocycles. The minimum atomic E-state index is -1.11. The van der Waals surface area contributed by atoms with Gasteiger partial charge in [-0.3, -0.25) is 14.4 Å². The molecule has 1 aromatic rings. The predicted molar refractivity (Wildman–Crippen MR) is 101 cm³/mol. The zero-order valence-corrected chi connectivity index (χ0v) is 16.4. The van der Waals surface area contributed by atoms with Gasteiger partial charge in [0.15, 0.2) is 0 Å². The van der Waals surface area contributed by atoms with Gasteiger partial charge in [-0.25, -0.2) is 9.69 Å². The predicted octanol–water partition coefficient (Wildman–Crippen LogP) is 0.640. The van der Waals surface area contributed by atoms with Crippen LogP contribution in [-0.2, 0) is 25.5 Å². The number of rotatable bonds is 7. The molecule has 1 radical (unpaired) electrons. The van der Waals surface area contributed by atoms with Crippen molar-refractivity contribution in [3.05, 3.63) is 29.8 Å². The summed E-state index contributed by atoms with van der Waals surface area (Å²) < 4.78 is 5.09. The highest BCUT2D eigenvalue weighted by Crippen LogP contribution is 2.12. The number of ether oxygens (including phenoxy) is 1. The van der Waals surface area contributed by atoms with Gasteiger partial charge in [-0.05, 0) is 51.8 Å². The topological polar surface area (TPSA) is 139 Å². The Balaban J connectivity index is 2.73. The van der Waals surface area contributed by atoms with Crippen molar-refractivity contribution in [3.8, 4) is 5.75 Å². The molecular formula is C19H26N3O6. The van der Waals surface area contributed by atoms with Crippen molar-refractivity contribution in [1.82, 2.24) is 10.2 Å². The average molecular weight is 392 g/mol. The molecule has 0 aromatic heterocycles. The molecular weight excluding hydrogens is 366 g/mol. The van der Waals surface area contributed by atoms with E-state index in [1.807, 2.05) is 0 Å². The molecule has 0 aliphatic carbocycles. The monoisotopic (exact) mass is 392 g/mol. The van der Waals surface area contributed by atoms with E-state index in [0.29, 0.717) is 4.90 Å². The minimum Gasteiger partial charge on any atom is -0.508 e. The molecule has 9 nitrogen and oxygen atoms in total. The summed E-state index contributed by atoms with van der Waals surface area (Å²) >= 11 is 0. The maximum atomic E-state index is 12.5. The molecule has 1 rings (SSSR count). The second-order valence-electron chi connectivity index (χ2n) is 7.26. The van der Waals surface area contributed by atoms with Crippen LogP contribution in [0.2, 0.25) is 0 Å². The first-order valence-corrected chi connectivity index (χ1v) is 8.68. The first-order valence-electron chi connectivity index (χ1n) is 8.68. The summed E-state index contributed by atoms with van der Waals surface area (Å²) in [6, 6.07) is 4.14. The van der Waals surface area contributed by atoms with Crippen LogP contribution < -0.4 is 11.1 Å². The normalized spacial score (nSPS) is 13.2. The van der Waals surface area contributed by atoms with Crippen molar-refractivity contribution in [2.45, 2.75) is 51.8 Å². The zero-order chi connectivity index (χ0) is 21.5. The fraction of sp³-hybridized carbons (Fsp3) is 0.474. The molecule has 9 heteroatoms. The summed E-state index contributed by atoms with van der Waals surface area (Å²) in [5.74, 6) is -1.33. The van der Waals surface area contributed by atoms with Gasteiger partial charge < -0.3 is 20.9 Å². The maximum absolute atomic E-state index is 12.5. The van der Waals surface area contributed by atoms with Crippen LogP contribution in [0, 0.1) is 0 Å². The van der Waals surface area contributed by atoms with E-state index >= 15 is 0 Å². The van der Waals surface area contributed by atoms with Crippen molar-refractivity contribution in [2.24, 2.45) is 5.73 Å². The molecule has 0 aliphatic heterocycles. The molecule has 2 atom stereocenters. The van der Waals surface area contributed by atoms with Crippen molar-refractivity contribution in [2.75, 3.05) is 6.54 Å². The van der Waals surface area contributed by atoms with Crippen LogP contribution in [0.5, 0.6) is 5.75 Å². The molecule has 1 aromatic carbocycles. The fourth-order valence-electron chi connectivity index (χ4n) is 2.21. The van der Waals surface area contributed by atoms with Crippen LogP contribution in [0.15, 0.2) is 24.3 Å². The molecule has 0 bridgehead atoms. The molecule has 0 fully saturated rings. The number of nitrogens with one attached hydrogen (secondary N) is 1. The van der Waals surface area contributed by atoms with Crippen molar-refractivity contribution >= 4 is 24.2 Å². The standard InChI is InChI=1S/C19H26N3O6/c1-12(17(26)22(9-10-23)18(27)28-19(2,3)4)21-16(25)15(20)11-13-5-7-14(24)8-6-13/h5-8,12,15,24H,9,11,20H2,1-4H3,(H,21,25)/t12-,15+/m1/s1. The number of amides is 3. The lowest BCUT2D eigenvalue weighted by atomic mass is 10.1. The summed E-state index contributed by atoms with van der Waals surface area (Å²) in [5.41, 5.74) is 5.72. The van der Waals surface area contributed by atoms with Crippen LogP contribution in [-0.4, -0.2) is 58.4 Å². The van der Waals surface area contributed by atoms with E-state index in [0.717, 1.165) is 5.56 Å². The third kappa shape index (κ3) is 7.36. The summed E-state index contributed by atoms with van der Waals surface area (Å²) in [6.45, 7) is 5.60. The number of carbonyl (C=O) groups excluding carboxylic acids is 4. The number of phenolic OH excluding ortho intramolecular Hbond substituents is 1. The van der Waals surface area contributed by atoms with Crippen LogP contribution in [0.3, 0.4) is 0 Å². The van der Waals surface area contributed by atoms with E-state index < -0.39 is 42.1 Å². The molecule has 28 heavy (non-hydrogen) atoms. The Bertz CT molecular complexity index is 711. The average Bonchev–Trinajstić information content (AvgIpc) is 2.59. The number of phenols is 1. The number of hydrogen-bond donors (Lipinski definition) is 3. The van der Waals surface area contributed by atoms with Crippen molar-refractivity contribution < 1.29 is 29.0 Å². The van der Waals surface area contributed by atoms with Gasteiger partial charge >= 0.3 is 6.09 Å². The summed E-state index contributed by atoms with van der Waals surface area (Å²) in [5, 5.41) is 11.7. The van der Waals surface area contributed by atoms with Gasteiger partial charge in [0.05, 0.1) is 12.6 Å². The van der Waals surface area contributed by atoms with E-state index in [4.69, 9.17) is 10.5 Å². The van der Waals surface area contributed by atoms with Crippen molar-refractivity contribution in [1.29, 1.82) is 0 Å². The Morgan fingerprint density at radius 2 is 1.82 bits per heavy atom. The zero-order valence-electron chi connectivity index (χ0n) is 16.4. The smallest absolute Gasteiger partial charge is 0.417 e. The summed E-state index contributed by atoms with van der Waals surface area (Å²) in [7, 11) is 0. The Kier molecular flexibility index (Phi) is 8.12. The van der Waals surface area contributed by atoms with Gasteiger partial charge in [-0.1, -0.05) is 12.1 Å². The lowest BCUT2D eigenvalue weighted by Crippen LogP contribution is -2.54. The van der Waals surface area contributed by atoms with E-state index in [1.165, 1.54) is 25.3 Å². The van der Waals surface area contributed by atoms with Gasteiger partial charge in [0.2, 0.25) is 12.2 Å². The summed E-state index contributed by atoms with van der Waals surface area (Å²) in [4.78, 5) is 48.2. The quantitative estimate of drug-likeness (QED) is 0.619. The SMILES string of the molecule is C[C@@H](NC(=O)[C@@H](N)Cc1ccc(O)cc1)C(=O)N(C[C]=O)C(=O)OC(C)(C)C. The van der Waals surface area contributed by atoms with Gasteiger partial charge in [-0.2, -0.15) is 0 Å².